The molecule has 0 unspecified atom stereocenters. The number of carbonyl (C=O) groups is 1. The quantitative estimate of drug-likeness (QED) is 0.768. The minimum absolute atomic E-state index is 0.0157. The zero-order valence-corrected chi connectivity index (χ0v) is 14.1. The third kappa shape index (κ3) is 5.83. The maximum atomic E-state index is 11.8. The zero-order valence-electron chi connectivity index (χ0n) is 14.1. The van der Waals surface area contributed by atoms with Crippen LogP contribution in [0.25, 0.3) is 0 Å². The fraction of sp³-hybridized carbons (Fsp3) is 0.316. The van der Waals surface area contributed by atoms with Crippen LogP contribution in [-0.4, -0.2) is 32.8 Å². The van der Waals surface area contributed by atoms with E-state index in [1.807, 2.05) is 43.3 Å². The summed E-state index contributed by atoms with van der Waals surface area (Å²) in [4.78, 5) is 11.8. The average Bonchev–Trinajstić information content (AvgIpc) is 2.61. The van der Waals surface area contributed by atoms with Gasteiger partial charge in [-0.3, -0.25) is 4.79 Å². The highest BCUT2D eigenvalue weighted by atomic mass is 16.5. The number of ether oxygens (including phenoxy) is 3. The van der Waals surface area contributed by atoms with Crippen LogP contribution < -0.4 is 19.5 Å². The van der Waals surface area contributed by atoms with Crippen molar-refractivity contribution in [2.75, 3.05) is 26.9 Å². The monoisotopic (exact) mass is 329 g/mol. The van der Waals surface area contributed by atoms with Crippen molar-refractivity contribution >= 4 is 5.91 Å². The Morgan fingerprint density at radius 1 is 1.00 bits per heavy atom. The predicted octanol–water partition coefficient (Wildman–Crippen LogP) is 2.83. The summed E-state index contributed by atoms with van der Waals surface area (Å²) >= 11 is 0. The van der Waals surface area contributed by atoms with E-state index >= 15 is 0 Å². The SMILES string of the molecule is CCOc1cccc(OCC(=O)NCCc2ccc(OC)cc2)c1. The molecule has 2 aromatic rings. The Balaban J connectivity index is 1.70. The van der Waals surface area contributed by atoms with Crippen molar-refractivity contribution in [2.24, 2.45) is 0 Å². The van der Waals surface area contributed by atoms with Crippen LogP contribution in [0.15, 0.2) is 48.5 Å². The van der Waals surface area contributed by atoms with Crippen LogP contribution in [0.3, 0.4) is 0 Å². The lowest BCUT2D eigenvalue weighted by molar-refractivity contribution is -0.123. The second kappa shape index (κ2) is 9.45. The summed E-state index contributed by atoms with van der Waals surface area (Å²) in [6.45, 7) is 3.06. The second-order valence-electron chi connectivity index (χ2n) is 5.14. The molecule has 0 saturated carbocycles. The highest BCUT2D eigenvalue weighted by Gasteiger charge is 2.04. The first-order chi connectivity index (χ1) is 11.7. The molecule has 2 aromatic carbocycles. The topological polar surface area (TPSA) is 56.8 Å². The van der Waals surface area contributed by atoms with E-state index in [9.17, 15) is 4.79 Å². The average molecular weight is 329 g/mol. The van der Waals surface area contributed by atoms with Crippen molar-refractivity contribution in [3.63, 3.8) is 0 Å². The van der Waals surface area contributed by atoms with Crippen molar-refractivity contribution in [3.05, 3.63) is 54.1 Å². The van der Waals surface area contributed by atoms with Gasteiger partial charge in [0.05, 0.1) is 13.7 Å². The van der Waals surface area contributed by atoms with Gasteiger partial charge in [0.1, 0.15) is 17.2 Å². The third-order valence-electron chi connectivity index (χ3n) is 3.38. The molecule has 5 heteroatoms. The molecule has 0 saturated heterocycles. The molecule has 0 radical (unpaired) electrons. The standard InChI is InChI=1S/C19H23NO4/c1-3-23-17-5-4-6-18(13-17)24-14-19(21)20-12-11-15-7-9-16(22-2)10-8-15/h4-10,13H,3,11-12,14H2,1-2H3,(H,20,21). The Morgan fingerprint density at radius 2 is 1.71 bits per heavy atom. The van der Waals surface area contributed by atoms with Crippen LogP contribution in [-0.2, 0) is 11.2 Å². The van der Waals surface area contributed by atoms with Crippen molar-refractivity contribution in [1.82, 2.24) is 5.32 Å². The first-order valence-corrected chi connectivity index (χ1v) is 7.96. The lowest BCUT2D eigenvalue weighted by Crippen LogP contribution is -2.30. The van der Waals surface area contributed by atoms with Gasteiger partial charge in [0.25, 0.3) is 5.91 Å². The van der Waals surface area contributed by atoms with Crippen molar-refractivity contribution in [2.45, 2.75) is 13.3 Å². The number of nitrogens with one attached hydrogen (secondary N) is 1. The maximum Gasteiger partial charge on any atom is 0.257 e. The smallest absolute Gasteiger partial charge is 0.257 e. The number of amides is 1. The first kappa shape index (κ1) is 17.7. The van der Waals surface area contributed by atoms with Gasteiger partial charge in [0.15, 0.2) is 6.61 Å². The molecule has 0 aliphatic heterocycles. The summed E-state index contributed by atoms with van der Waals surface area (Å²) in [6, 6.07) is 15.0. The van der Waals surface area contributed by atoms with Gasteiger partial charge in [-0.1, -0.05) is 18.2 Å². The largest absolute Gasteiger partial charge is 0.497 e. The van der Waals surface area contributed by atoms with Crippen LogP contribution in [0, 0.1) is 0 Å². The van der Waals surface area contributed by atoms with Crippen molar-refractivity contribution in [3.8, 4) is 17.2 Å². The first-order valence-electron chi connectivity index (χ1n) is 7.96. The summed E-state index contributed by atoms with van der Waals surface area (Å²) in [6.07, 6.45) is 0.759. The number of hydrogen-bond acceptors (Lipinski definition) is 4. The molecule has 0 atom stereocenters. The van der Waals surface area contributed by atoms with Gasteiger partial charge in [-0.05, 0) is 43.2 Å². The molecule has 5 nitrogen and oxygen atoms in total. The maximum absolute atomic E-state index is 11.8. The molecule has 0 aliphatic carbocycles. The fourth-order valence-electron chi connectivity index (χ4n) is 2.16. The van der Waals surface area contributed by atoms with E-state index in [4.69, 9.17) is 14.2 Å². The van der Waals surface area contributed by atoms with Crippen LogP contribution in [0.4, 0.5) is 0 Å². The van der Waals surface area contributed by atoms with Gasteiger partial charge in [-0.2, -0.15) is 0 Å². The van der Waals surface area contributed by atoms with Crippen LogP contribution >= 0.6 is 0 Å². The summed E-state index contributed by atoms with van der Waals surface area (Å²) in [5.74, 6) is 2.02. The molecule has 0 heterocycles. The Morgan fingerprint density at radius 3 is 2.38 bits per heavy atom. The van der Waals surface area contributed by atoms with Gasteiger partial charge >= 0.3 is 0 Å². The fourth-order valence-corrected chi connectivity index (χ4v) is 2.16. The number of rotatable bonds is 9. The van der Waals surface area contributed by atoms with Gasteiger partial charge in [-0.15, -0.1) is 0 Å². The molecule has 2 rings (SSSR count). The normalized spacial score (nSPS) is 10.1. The Bertz CT molecular complexity index is 640. The molecule has 24 heavy (non-hydrogen) atoms. The number of methoxy groups -OCH3 is 1. The van der Waals surface area contributed by atoms with Crippen molar-refractivity contribution in [1.29, 1.82) is 0 Å². The lowest BCUT2D eigenvalue weighted by atomic mass is 10.1. The van der Waals surface area contributed by atoms with E-state index in [1.165, 1.54) is 0 Å². The Labute approximate surface area is 142 Å². The number of benzene rings is 2. The van der Waals surface area contributed by atoms with Crippen molar-refractivity contribution < 1.29 is 19.0 Å². The van der Waals surface area contributed by atoms with E-state index in [0.717, 1.165) is 23.5 Å². The molecule has 0 bridgehead atoms. The van der Waals surface area contributed by atoms with E-state index in [2.05, 4.69) is 5.32 Å². The van der Waals surface area contributed by atoms with Gasteiger partial charge in [-0.25, -0.2) is 0 Å². The Kier molecular flexibility index (Phi) is 6.95. The summed E-state index contributed by atoms with van der Waals surface area (Å²) in [5.41, 5.74) is 1.14. The van der Waals surface area contributed by atoms with Crippen LogP contribution in [0.1, 0.15) is 12.5 Å². The summed E-state index contributed by atoms with van der Waals surface area (Å²) in [7, 11) is 1.64. The van der Waals surface area contributed by atoms with E-state index in [0.29, 0.717) is 18.9 Å². The lowest BCUT2D eigenvalue weighted by Gasteiger charge is -2.09. The van der Waals surface area contributed by atoms with Gasteiger partial charge < -0.3 is 19.5 Å². The van der Waals surface area contributed by atoms with E-state index < -0.39 is 0 Å². The van der Waals surface area contributed by atoms with Crippen LogP contribution in [0.5, 0.6) is 17.2 Å². The summed E-state index contributed by atoms with van der Waals surface area (Å²) in [5, 5.41) is 2.84. The highest BCUT2D eigenvalue weighted by molar-refractivity contribution is 5.77. The molecule has 1 N–H and O–H groups in total. The third-order valence-corrected chi connectivity index (χ3v) is 3.38. The second-order valence-corrected chi connectivity index (χ2v) is 5.14. The zero-order chi connectivity index (χ0) is 17.2. The number of carbonyl (C=O) groups excluding carboxylic acids is 1. The molecular weight excluding hydrogens is 306 g/mol. The van der Waals surface area contributed by atoms with Gasteiger partial charge in [0, 0.05) is 12.6 Å². The molecule has 0 aromatic heterocycles. The molecule has 0 fully saturated rings. The summed E-state index contributed by atoms with van der Waals surface area (Å²) < 4.78 is 16.0. The highest BCUT2D eigenvalue weighted by Crippen LogP contribution is 2.19. The van der Waals surface area contributed by atoms with E-state index in [1.54, 1.807) is 19.2 Å². The molecular formula is C19H23NO4. The van der Waals surface area contributed by atoms with E-state index in [-0.39, 0.29) is 12.5 Å². The van der Waals surface area contributed by atoms with Crippen LogP contribution in [0.2, 0.25) is 0 Å². The molecule has 0 aliphatic rings. The minimum atomic E-state index is -0.148. The molecule has 1 amide bonds. The minimum Gasteiger partial charge on any atom is -0.497 e. The Hall–Kier alpha value is -2.69. The molecule has 0 spiro atoms. The predicted molar refractivity (Wildman–Crippen MR) is 92.8 cm³/mol. The van der Waals surface area contributed by atoms with Gasteiger partial charge in [0.2, 0.25) is 0 Å². The number of hydrogen-bond donors (Lipinski definition) is 1. The molecule has 128 valence electrons.